The lowest BCUT2D eigenvalue weighted by Crippen LogP contribution is -2.17. The fourth-order valence-electron chi connectivity index (χ4n) is 1.69. The highest BCUT2D eigenvalue weighted by molar-refractivity contribution is 5.14. The van der Waals surface area contributed by atoms with Crippen LogP contribution in [0, 0.1) is 0 Å². The van der Waals surface area contributed by atoms with Gasteiger partial charge in [0, 0.05) is 44.4 Å². The smallest absolute Gasteiger partial charge is 0.0315 e. The molecule has 84 valence electrons. The van der Waals surface area contributed by atoms with Crippen molar-refractivity contribution in [1.82, 2.24) is 14.9 Å². The van der Waals surface area contributed by atoms with Gasteiger partial charge >= 0.3 is 0 Å². The van der Waals surface area contributed by atoms with Crippen molar-refractivity contribution < 1.29 is 0 Å². The third-order valence-electron chi connectivity index (χ3n) is 2.69. The molecule has 2 aromatic rings. The number of aromatic nitrogens is 2. The quantitative estimate of drug-likeness (QED) is 0.848. The van der Waals surface area contributed by atoms with E-state index in [1.165, 1.54) is 11.1 Å². The van der Waals surface area contributed by atoms with Crippen molar-refractivity contribution in [2.45, 2.75) is 19.5 Å². The Labute approximate surface area is 96.1 Å². The first kappa shape index (κ1) is 10.9. The molecule has 0 radical (unpaired) electrons. The normalized spacial score (nSPS) is 12.6. The summed E-state index contributed by atoms with van der Waals surface area (Å²) >= 11 is 0. The lowest BCUT2D eigenvalue weighted by Gasteiger charge is -2.12. The molecule has 2 rings (SSSR count). The van der Waals surface area contributed by atoms with Crippen molar-refractivity contribution in [2.75, 3.05) is 0 Å². The largest absolute Gasteiger partial charge is 0.357 e. The van der Waals surface area contributed by atoms with E-state index in [9.17, 15) is 0 Å². The number of nitrogens with one attached hydrogen (secondary N) is 1. The number of hydrogen-bond donors (Lipinski definition) is 1. The highest BCUT2D eigenvalue weighted by Gasteiger charge is 2.04. The number of nitrogens with zero attached hydrogens (tertiary/aromatic N) is 2. The molecule has 0 bridgehead atoms. The van der Waals surface area contributed by atoms with Gasteiger partial charge in [-0.05, 0) is 30.2 Å². The lowest BCUT2D eigenvalue weighted by molar-refractivity contribution is 0.573. The molecule has 2 aromatic heterocycles. The number of pyridine rings is 1. The highest BCUT2D eigenvalue weighted by atomic mass is 14.9. The summed E-state index contributed by atoms with van der Waals surface area (Å²) in [6.07, 6.45) is 7.89. The Kier molecular flexibility index (Phi) is 3.37. The molecule has 0 aliphatic heterocycles. The first-order valence-corrected chi connectivity index (χ1v) is 5.50. The Morgan fingerprint density at radius 2 is 2.31 bits per heavy atom. The Bertz CT molecular complexity index is 433. The van der Waals surface area contributed by atoms with Crippen LogP contribution in [-0.4, -0.2) is 9.55 Å². The second-order valence-electron chi connectivity index (χ2n) is 4.07. The van der Waals surface area contributed by atoms with Crippen LogP contribution in [0.5, 0.6) is 0 Å². The molecular formula is C13H17N3. The zero-order chi connectivity index (χ0) is 11.4. The molecular weight excluding hydrogens is 198 g/mol. The van der Waals surface area contributed by atoms with Gasteiger partial charge in [-0.3, -0.25) is 4.98 Å². The molecule has 1 N–H and O–H groups in total. The van der Waals surface area contributed by atoms with Crippen LogP contribution in [0.2, 0.25) is 0 Å². The SMILES string of the molecule is C[C@@H](NCc1ccn(C)c1)c1cccnc1. The van der Waals surface area contributed by atoms with Gasteiger partial charge in [0.25, 0.3) is 0 Å². The molecule has 3 nitrogen and oxygen atoms in total. The van der Waals surface area contributed by atoms with Crippen molar-refractivity contribution in [1.29, 1.82) is 0 Å². The van der Waals surface area contributed by atoms with Crippen molar-refractivity contribution in [3.63, 3.8) is 0 Å². The van der Waals surface area contributed by atoms with Gasteiger partial charge in [0.05, 0.1) is 0 Å². The Balaban J connectivity index is 1.91. The number of hydrogen-bond acceptors (Lipinski definition) is 2. The molecule has 0 aliphatic rings. The minimum atomic E-state index is 0.328. The van der Waals surface area contributed by atoms with Crippen molar-refractivity contribution >= 4 is 0 Å². The van der Waals surface area contributed by atoms with Gasteiger partial charge in [0.1, 0.15) is 0 Å². The zero-order valence-electron chi connectivity index (χ0n) is 9.72. The van der Waals surface area contributed by atoms with Gasteiger partial charge in [-0.1, -0.05) is 6.07 Å². The van der Waals surface area contributed by atoms with Gasteiger partial charge in [0.15, 0.2) is 0 Å². The average molecular weight is 215 g/mol. The van der Waals surface area contributed by atoms with Crippen LogP contribution in [-0.2, 0) is 13.6 Å². The van der Waals surface area contributed by atoms with Crippen LogP contribution in [0.25, 0.3) is 0 Å². The molecule has 0 spiro atoms. The topological polar surface area (TPSA) is 29.9 Å². The predicted octanol–water partition coefficient (Wildman–Crippen LogP) is 2.27. The fourth-order valence-corrected chi connectivity index (χ4v) is 1.69. The van der Waals surface area contributed by atoms with Gasteiger partial charge in [0.2, 0.25) is 0 Å². The van der Waals surface area contributed by atoms with Crippen LogP contribution in [0.3, 0.4) is 0 Å². The monoisotopic (exact) mass is 215 g/mol. The van der Waals surface area contributed by atoms with Crippen LogP contribution in [0.4, 0.5) is 0 Å². The summed E-state index contributed by atoms with van der Waals surface area (Å²) in [5.74, 6) is 0. The van der Waals surface area contributed by atoms with Crippen LogP contribution in [0.1, 0.15) is 24.1 Å². The van der Waals surface area contributed by atoms with Crippen molar-refractivity contribution in [2.24, 2.45) is 7.05 Å². The van der Waals surface area contributed by atoms with E-state index in [0.29, 0.717) is 6.04 Å². The molecule has 0 unspecified atom stereocenters. The molecule has 0 amide bonds. The summed E-state index contributed by atoms with van der Waals surface area (Å²) in [6, 6.07) is 6.52. The summed E-state index contributed by atoms with van der Waals surface area (Å²) in [4.78, 5) is 4.12. The standard InChI is InChI=1S/C13H17N3/c1-11(13-4-3-6-14-9-13)15-8-12-5-7-16(2)10-12/h3-7,9-11,15H,8H2,1-2H3/t11-/m1/s1. The second-order valence-corrected chi connectivity index (χ2v) is 4.07. The van der Waals surface area contributed by atoms with Crippen molar-refractivity contribution in [3.05, 3.63) is 54.1 Å². The molecule has 0 aromatic carbocycles. The average Bonchev–Trinajstić information content (AvgIpc) is 2.73. The minimum Gasteiger partial charge on any atom is -0.357 e. The summed E-state index contributed by atoms with van der Waals surface area (Å²) in [6.45, 7) is 3.04. The molecule has 1 atom stereocenters. The molecule has 16 heavy (non-hydrogen) atoms. The first-order chi connectivity index (χ1) is 7.75. The van der Waals surface area contributed by atoms with E-state index >= 15 is 0 Å². The lowest BCUT2D eigenvalue weighted by atomic mass is 10.1. The minimum absolute atomic E-state index is 0.328. The van der Waals surface area contributed by atoms with E-state index in [4.69, 9.17) is 0 Å². The van der Waals surface area contributed by atoms with E-state index in [2.05, 4.69) is 46.3 Å². The van der Waals surface area contributed by atoms with Gasteiger partial charge in [-0.25, -0.2) is 0 Å². The molecule has 0 aliphatic carbocycles. The third kappa shape index (κ3) is 2.70. The van der Waals surface area contributed by atoms with E-state index in [1.54, 1.807) is 6.20 Å². The summed E-state index contributed by atoms with van der Waals surface area (Å²) < 4.78 is 2.06. The number of aryl methyl sites for hydroxylation is 1. The third-order valence-corrected chi connectivity index (χ3v) is 2.69. The fraction of sp³-hybridized carbons (Fsp3) is 0.308. The van der Waals surface area contributed by atoms with Gasteiger partial charge in [-0.2, -0.15) is 0 Å². The van der Waals surface area contributed by atoms with E-state index in [-0.39, 0.29) is 0 Å². The van der Waals surface area contributed by atoms with Gasteiger partial charge < -0.3 is 9.88 Å². The van der Waals surface area contributed by atoms with Crippen LogP contribution in [0.15, 0.2) is 43.0 Å². The Hall–Kier alpha value is -1.61. The van der Waals surface area contributed by atoms with E-state index < -0.39 is 0 Å². The molecule has 0 saturated heterocycles. The van der Waals surface area contributed by atoms with E-state index in [1.807, 2.05) is 19.3 Å². The molecule has 3 heteroatoms. The first-order valence-electron chi connectivity index (χ1n) is 5.50. The maximum absolute atomic E-state index is 4.12. The molecule has 0 fully saturated rings. The Morgan fingerprint density at radius 3 is 2.94 bits per heavy atom. The molecule has 0 saturated carbocycles. The maximum atomic E-state index is 4.12. The van der Waals surface area contributed by atoms with Crippen LogP contribution >= 0.6 is 0 Å². The zero-order valence-corrected chi connectivity index (χ0v) is 9.72. The maximum Gasteiger partial charge on any atom is 0.0315 e. The second kappa shape index (κ2) is 4.94. The van der Waals surface area contributed by atoms with Gasteiger partial charge in [-0.15, -0.1) is 0 Å². The molecule has 2 heterocycles. The van der Waals surface area contributed by atoms with Crippen LogP contribution < -0.4 is 5.32 Å². The highest BCUT2D eigenvalue weighted by Crippen LogP contribution is 2.11. The summed E-state index contributed by atoms with van der Waals surface area (Å²) in [5.41, 5.74) is 2.52. The van der Waals surface area contributed by atoms with Crippen molar-refractivity contribution in [3.8, 4) is 0 Å². The number of rotatable bonds is 4. The predicted molar refractivity (Wildman–Crippen MR) is 64.9 cm³/mol. The summed E-state index contributed by atoms with van der Waals surface area (Å²) in [7, 11) is 2.04. The Morgan fingerprint density at radius 1 is 1.44 bits per heavy atom. The van der Waals surface area contributed by atoms with E-state index in [0.717, 1.165) is 6.54 Å². The summed E-state index contributed by atoms with van der Waals surface area (Å²) in [5, 5.41) is 3.48.